The van der Waals surface area contributed by atoms with Gasteiger partial charge >= 0.3 is 0 Å². The molecule has 2 unspecified atom stereocenters. The van der Waals surface area contributed by atoms with Crippen LogP contribution in [-0.2, 0) is 0 Å². The average molecular weight is 285 g/mol. The third-order valence-electron chi connectivity index (χ3n) is 2.87. The van der Waals surface area contributed by atoms with E-state index in [9.17, 15) is 9.90 Å². The van der Waals surface area contributed by atoms with Crippen LogP contribution in [-0.4, -0.2) is 35.6 Å². The number of amides is 1. The quantitative estimate of drug-likeness (QED) is 0.673. The molecule has 0 aromatic heterocycles. The fourth-order valence-electron chi connectivity index (χ4n) is 1.52. The zero-order valence-electron chi connectivity index (χ0n) is 11.3. The highest BCUT2D eigenvalue weighted by atomic mass is 35.5. The molecule has 0 radical (unpaired) electrons. The van der Waals surface area contributed by atoms with Crippen molar-refractivity contribution in [2.24, 2.45) is 0 Å². The predicted octanol–water partition coefficient (Wildman–Crippen LogP) is 2.23. The second kappa shape index (κ2) is 8.02. The number of nitrogens with one attached hydrogen (secondary N) is 2. The highest BCUT2D eigenvalue weighted by molar-refractivity contribution is 6.18. The number of hydrogen-bond acceptors (Lipinski definition) is 3. The first-order chi connectivity index (χ1) is 9.08. The van der Waals surface area contributed by atoms with Gasteiger partial charge in [0.2, 0.25) is 0 Å². The number of benzene rings is 1. The van der Waals surface area contributed by atoms with Crippen molar-refractivity contribution in [3.05, 3.63) is 29.8 Å². The molecule has 2 atom stereocenters. The van der Waals surface area contributed by atoms with Gasteiger partial charge in [-0.1, -0.05) is 19.1 Å². The van der Waals surface area contributed by atoms with Crippen molar-refractivity contribution in [1.29, 1.82) is 0 Å². The SMILES string of the molecule is CCC(C)NC(=O)c1ccccc1NCC(O)CCl. The monoisotopic (exact) mass is 284 g/mol. The zero-order valence-corrected chi connectivity index (χ0v) is 12.1. The Hall–Kier alpha value is -1.26. The second-order valence-electron chi connectivity index (χ2n) is 4.52. The Morgan fingerprint density at radius 3 is 2.74 bits per heavy atom. The minimum Gasteiger partial charge on any atom is -0.390 e. The Morgan fingerprint density at radius 2 is 2.11 bits per heavy atom. The molecule has 0 heterocycles. The van der Waals surface area contributed by atoms with E-state index in [1.54, 1.807) is 6.07 Å². The molecule has 0 aliphatic heterocycles. The Bertz CT molecular complexity index is 412. The number of aliphatic hydroxyl groups excluding tert-OH is 1. The van der Waals surface area contributed by atoms with Crippen molar-refractivity contribution in [2.45, 2.75) is 32.4 Å². The summed E-state index contributed by atoms with van der Waals surface area (Å²) in [7, 11) is 0. The maximum absolute atomic E-state index is 12.1. The van der Waals surface area contributed by atoms with E-state index in [4.69, 9.17) is 11.6 Å². The van der Waals surface area contributed by atoms with E-state index in [1.807, 2.05) is 32.0 Å². The van der Waals surface area contributed by atoms with E-state index >= 15 is 0 Å². The summed E-state index contributed by atoms with van der Waals surface area (Å²) in [6.45, 7) is 4.30. The maximum Gasteiger partial charge on any atom is 0.253 e. The van der Waals surface area contributed by atoms with Gasteiger partial charge in [-0.25, -0.2) is 0 Å². The second-order valence-corrected chi connectivity index (χ2v) is 4.83. The van der Waals surface area contributed by atoms with Gasteiger partial charge in [-0.2, -0.15) is 0 Å². The number of carbonyl (C=O) groups excluding carboxylic acids is 1. The fourth-order valence-corrected chi connectivity index (χ4v) is 1.63. The van der Waals surface area contributed by atoms with E-state index < -0.39 is 6.10 Å². The molecule has 0 aliphatic carbocycles. The van der Waals surface area contributed by atoms with E-state index in [2.05, 4.69) is 10.6 Å². The van der Waals surface area contributed by atoms with Gasteiger partial charge in [0.1, 0.15) is 0 Å². The fraction of sp³-hybridized carbons (Fsp3) is 0.500. The molecule has 1 amide bonds. The number of aliphatic hydroxyl groups is 1. The molecule has 1 aromatic carbocycles. The smallest absolute Gasteiger partial charge is 0.253 e. The molecule has 5 heteroatoms. The van der Waals surface area contributed by atoms with Crippen molar-refractivity contribution >= 4 is 23.2 Å². The van der Waals surface area contributed by atoms with Gasteiger partial charge in [0.15, 0.2) is 0 Å². The number of halogens is 1. The largest absolute Gasteiger partial charge is 0.390 e. The molecular formula is C14H21ClN2O2. The number of hydrogen-bond donors (Lipinski definition) is 3. The van der Waals surface area contributed by atoms with Gasteiger partial charge in [-0.05, 0) is 25.5 Å². The standard InChI is InChI=1S/C14H21ClN2O2/c1-3-10(2)17-14(19)12-6-4-5-7-13(12)16-9-11(18)8-15/h4-7,10-11,16,18H,3,8-9H2,1-2H3,(H,17,19). The topological polar surface area (TPSA) is 61.4 Å². The number of carbonyl (C=O) groups is 1. The Balaban J connectivity index is 2.74. The minimum absolute atomic E-state index is 0.113. The summed E-state index contributed by atoms with van der Waals surface area (Å²) in [5.41, 5.74) is 1.28. The molecule has 1 aromatic rings. The minimum atomic E-state index is -0.632. The Kier molecular flexibility index (Phi) is 6.67. The molecule has 0 saturated heterocycles. The third-order valence-corrected chi connectivity index (χ3v) is 3.22. The van der Waals surface area contributed by atoms with Crippen molar-refractivity contribution in [1.82, 2.24) is 5.32 Å². The summed E-state index contributed by atoms with van der Waals surface area (Å²) in [5, 5.41) is 15.4. The lowest BCUT2D eigenvalue weighted by atomic mass is 10.1. The molecule has 1 rings (SSSR count). The van der Waals surface area contributed by atoms with Crippen LogP contribution in [0.25, 0.3) is 0 Å². The number of para-hydroxylation sites is 1. The lowest BCUT2D eigenvalue weighted by Crippen LogP contribution is -2.32. The van der Waals surface area contributed by atoms with Crippen LogP contribution in [0, 0.1) is 0 Å². The van der Waals surface area contributed by atoms with Gasteiger partial charge in [0.05, 0.1) is 17.5 Å². The Labute approximate surface area is 119 Å². The molecule has 4 nitrogen and oxygen atoms in total. The van der Waals surface area contributed by atoms with Gasteiger partial charge < -0.3 is 15.7 Å². The van der Waals surface area contributed by atoms with Crippen LogP contribution >= 0.6 is 11.6 Å². The van der Waals surface area contributed by atoms with Gasteiger partial charge in [-0.15, -0.1) is 11.6 Å². The van der Waals surface area contributed by atoms with Gasteiger partial charge in [0.25, 0.3) is 5.91 Å². The highest BCUT2D eigenvalue weighted by Gasteiger charge is 2.13. The van der Waals surface area contributed by atoms with E-state index in [0.717, 1.165) is 6.42 Å². The summed E-state index contributed by atoms with van der Waals surface area (Å²) >= 11 is 5.54. The van der Waals surface area contributed by atoms with E-state index in [-0.39, 0.29) is 17.8 Å². The number of alkyl halides is 1. The predicted molar refractivity (Wildman–Crippen MR) is 78.9 cm³/mol. The normalized spacial score (nSPS) is 13.7. The van der Waals surface area contributed by atoms with Crippen LogP contribution in [0.5, 0.6) is 0 Å². The molecule has 0 spiro atoms. The number of anilines is 1. The summed E-state index contributed by atoms with van der Waals surface area (Å²) < 4.78 is 0. The summed E-state index contributed by atoms with van der Waals surface area (Å²) in [6.07, 6.45) is 0.249. The number of rotatable bonds is 7. The Morgan fingerprint density at radius 1 is 1.42 bits per heavy atom. The van der Waals surface area contributed by atoms with Crippen molar-refractivity contribution in [2.75, 3.05) is 17.7 Å². The van der Waals surface area contributed by atoms with Crippen LogP contribution in [0.1, 0.15) is 30.6 Å². The maximum atomic E-state index is 12.1. The molecule has 0 aliphatic rings. The van der Waals surface area contributed by atoms with Crippen molar-refractivity contribution in [3.63, 3.8) is 0 Å². The van der Waals surface area contributed by atoms with Crippen LogP contribution in [0.2, 0.25) is 0 Å². The highest BCUT2D eigenvalue weighted by Crippen LogP contribution is 2.15. The van der Waals surface area contributed by atoms with E-state index in [0.29, 0.717) is 17.8 Å². The lowest BCUT2D eigenvalue weighted by molar-refractivity contribution is 0.0940. The summed E-state index contributed by atoms with van der Waals surface area (Å²) in [6, 6.07) is 7.36. The molecule has 0 saturated carbocycles. The van der Waals surface area contributed by atoms with Crippen LogP contribution in [0.15, 0.2) is 24.3 Å². The van der Waals surface area contributed by atoms with Crippen molar-refractivity contribution in [3.8, 4) is 0 Å². The molecule has 0 fully saturated rings. The van der Waals surface area contributed by atoms with Gasteiger partial charge in [0, 0.05) is 18.3 Å². The molecule has 0 bridgehead atoms. The van der Waals surface area contributed by atoms with E-state index in [1.165, 1.54) is 0 Å². The molecule has 106 valence electrons. The van der Waals surface area contributed by atoms with Crippen molar-refractivity contribution < 1.29 is 9.90 Å². The first-order valence-electron chi connectivity index (χ1n) is 6.46. The molecule has 3 N–H and O–H groups in total. The first kappa shape index (κ1) is 15.8. The molecular weight excluding hydrogens is 264 g/mol. The first-order valence-corrected chi connectivity index (χ1v) is 6.99. The van der Waals surface area contributed by atoms with Gasteiger partial charge in [-0.3, -0.25) is 4.79 Å². The average Bonchev–Trinajstić information content (AvgIpc) is 2.44. The summed E-state index contributed by atoms with van der Waals surface area (Å²) in [5.74, 6) is 0.0478. The third kappa shape index (κ3) is 5.09. The van der Waals surface area contributed by atoms with Crippen LogP contribution in [0.3, 0.4) is 0 Å². The lowest BCUT2D eigenvalue weighted by Gasteiger charge is -2.16. The molecule has 19 heavy (non-hydrogen) atoms. The summed E-state index contributed by atoms with van der Waals surface area (Å²) in [4.78, 5) is 12.1. The zero-order chi connectivity index (χ0) is 14.3. The van der Waals surface area contributed by atoms with Crippen LogP contribution in [0.4, 0.5) is 5.69 Å². The van der Waals surface area contributed by atoms with Crippen LogP contribution < -0.4 is 10.6 Å².